The van der Waals surface area contributed by atoms with Crippen LogP contribution in [-0.2, 0) is 9.53 Å². The maximum absolute atomic E-state index is 12.3. The molecule has 0 spiro atoms. The molecule has 0 aliphatic carbocycles. The lowest BCUT2D eigenvalue weighted by molar-refractivity contribution is -0.147. The number of Topliss-reactive ketones (excluding diaryl/α,β-unsaturated/α-hetero) is 1. The number of carbonyl (C=O) groups excluding carboxylic acids is 2. The third kappa shape index (κ3) is 5.25. The van der Waals surface area contributed by atoms with E-state index in [1.807, 2.05) is 39.0 Å². The van der Waals surface area contributed by atoms with Gasteiger partial charge in [0.1, 0.15) is 0 Å². The van der Waals surface area contributed by atoms with Crippen LogP contribution in [0.15, 0.2) is 30.3 Å². The third-order valence-electron chi connectivity index (χ3n) is 2.76. The van der Waals surface area contributed by atoms with Crippen LogP contribution >= 0.6 is 0 Å². The first-order valence-electron chi connectivity index (χ1n) is 6.83. The van der Waals surface area contributed by atoms with Crippen LogP contribution < -0.4 is 0 Å². The molecule has 0 radical (unpaired) electrons. The summed E-state index contributed by atoms with van der Waals surface area (Å²) in [5, 5.41) is 0. The third-order valence-corrected chi connectivity index (χ3v) is 2.76. The largest absolute Gasteiger partial charge is 0.454 e. The predicted octanol–water partition coefficient (Wildman–Crippen LogP) is 3.63. The van der Waals surface area contributed by atoms with Gasteiger partial charge in [-0.1, -0.05) is 51.1 Å². The van der Waals surface area contributed by atoms with Crippen molar-refractivity contribution in [2.45, 2.75) is 46.1 Å². The van der Waals surface area contributed by atoms with Crippen molar-refractivity contribution in [3.8, 4) is 0 Å². The molecule has 0 saturated carbocycles. The number of rotatable bonds is 7. The van der Waals surface area contributed by atoms with E-state index in [0.717, 1.165) is 6.42 Å². The van der Waals surface area contributed by atoms with E-state index in [-0.39, 0.29) is 11.8 Å². The summed E-state index contributed by atoms with van der Waals surface area (Å²) in [7, 11) is 0. The van der Waals surface area contributed by atoms with Crippen LogP contribution in [0.1, 0.15) is 50.4 Å². The molecule has 0 bridgehead atoms. The lowest BCUT2D eigenvalue weighted by Gasteiger charge is -2.18. The van der Waals surface area contributed by atoms with E-state index in [9.17, 15) is 9.59 Å². The normalized spacial score (nSPS) is 12.2. The number of esters is 1. The highest BCUT2D eigenvalue weighted by atomic mass is 16.5. The zero-order chi connectivity index (χ0) is 14.3. The van der Waals surface area contributed by atoms with E-state index in [2.05, 4.69) is 0 Å². The molecule has 0 aromatic heterocycles. The van der Waals surface area contributed by atoms with E-state index in [0.29, 0.717) is 24.3 Å². The quantitative estimate of drug-likeness (QED) is 0.556. The molecular weight excluding hydrogens is 240 g/mol. The Kier molecular flexibility index (Phi) is 6.26. The van der Waals surface area contributed by atoms with Crippen molar-refractivity contribution in [1.82, 2.24) is 0 Å². The van der Waals surface area contributed by atoms with Crippen molar-refractivity contribution in [3.63, 3.8) is 0 Å². The lowest BCUT2D eigenvalue weighted by Crippen LogP contribution is -2.29. The topological polar surface area (TPSA) is 43.4 Å². The van der Waals surface area contributed by atoms with Gasteiger partial charge in [-0.25, -0.2) is 0 Å². The number of benzene rings is 1. The lowest BCUT2D eigenvalue weighted by atomic mass is 9.98. The number of ether oxygens (including phenoxy) is 1. The van der Waals surface area contributed by atoms with E-state index in [4.69, 9.17) is 4.74 Å². The fourth-order valence-corrected chi connectivity index (χ4v) is 1.85. The van der Waals surface area contributed by atoms with Crippen LogP contribution in [0.25, 0.3) is 0 Å². The highest BCUT2D eigenvalue weighted by molar-refractivity contribution is 6.00. The van der Waals surface area contributed by atoms with Gasteiger partial charge in [0.25, 0.3) is 0 Å². The van der Waals surface area contributed by atoms with Gasteiger partial charge in [0, 0.05) is 12.0 Å². The Morgan fingerprint density at radius 3 is 2.32 bits per heavy atom. The molecular formula is C16H22O3. The summed E-state index contributed by atoms with van der Waals surface area (Å²) in [4.78, 5) is 23.9. The maximum atomic E-state index is 12.3. The number of hydrogen-bond donors (Lipinski definition) is 0. The zero-order valence-electron chi connectivity index (χ0n) is 11.9. The Hall–Kier alpha value is -1.64. The fourth-order valence-electron chi connectivity index (χ4n) is 1.85. The van der Waals surface area contributed by atoms with E-state index >= 15 is 0 Å². The molecule has 0 heterocycles. The number of ketones is 1. The molecule has 104 valence electrons. The Balaban J connectivity index is 2.78. The summed E-state index contributed by atoms with van der Waals surface area (Å²) >= 11 is 0. The molecule has 0 N–H and O–H groups in total. The van der Waals surface area contributed by atoms with Crippen LogP contribution in [0.5, 0.6) is 0 Å². The molecule has 3 nitrogen and oxygen atoms in total. The number of carbonyl (C=O) groups is 2. The first-order valence-corrected chi connectivity index (χ1v) is 6.83. The monoisotopic (exact) mass is 262 g/mol. The molecule has 0 fully saturated rings. The van der Waals surface area contributed by atoms with Gasteiger partial charge in [0.15, 0.2) is 6.10 Å². The van der Waals surface area contributed by atoms with Crippen LogP contribution in [0.3, 0.4) is 0 Å². The number of hydrogen-bond acceptors (Lipinski definition) is 3. The van der Waals surface area contributed by atoms with Gasteiger partial charge < -0.3 is 4.74 Å². The Morgan fingerprint density at radius 1 is 1.16 bits per heavy atom. The standard InChI is InChI=1S/C16H22O3/c1-4-8-15(17)19-14(11-12(2)3)16(18)13-9-6-5-7-10-13/h5-7,9-10,12,14H,4,8,11H2,1-3H3/t14-/m0/s1. The highest BCUT2D eigenvalue weighted by Crippen LogP contribution is 2.15. The van der Waals surface area contributed by atoms with Gasteiger partial charge in [-0.2, -0.15) is 0 Å². The summed E-state index contributed by atoms with van der Waals surface area (Å²) < 4.78 is 5.33. The minimum atomic E-state index is -0.665. The Bertz CT molecular complexity index is 409. The Morgan fingerprint density at radius 2 is 1.79 bits per heavy atom. The average molecular weight is 262 g/mol. The van der Waals surface area contributed by atoms with Crippen LogP contribution in [0, 0.1) is 5.92 Å². The predicted molar refractivity (Wildman–Crippen MR) is 75.0 cm³/mol. The summed E-state index contributed by atoms with van der Waals surface area (Å²) in [6.07, 6.45) is 0.980. The molecule has 19 heavy (non-hydrogen) atoms. The van der Waals surface area contributed by atoms with Crippen molar-refractivity contribution < 1.29 is 14.3 Å². The first kappa shape index (κ1) is 15.4. The van der Waals surface area contributed by atoms with Crippen molar-refractivity contribution in [1.29, 1.82) is 0 Å². The average Bonchev–Trinajstić information content (AvgIpc) is 2.38. The van der Waals surface area contributed by atoms with Crippen LogP contribution in [0.4, 0.5) is 0 Å². The summed E-state index contributed by atoms with van der Waals surface area (Å²) in [6, 6.07) is 8.99. The van der Waals surface area contributed by atoms with Crippen molar-refractivity contribution in [2.75, 3.05) is 0 Å². The smallest absolute Gasteiger partial charge is 0.306 e. The molecule has 1 aromatic rings. The first-order chi connectivity index (χ1) is 9.04. The summed E-state index contributed by atoms with van der Waals surface area (Å²) in [6.45, 7) is 5.94. The molecule has 1 aromatic carbocycles. The van der Waals surface area contributed by atoms with Gasteiger partial charge >= 0.3 is 5.97 Å². The van der Waals surface area contributed by atoms with Crippen LogP contribution in [-0.4, -0.2) is 17.9 Å². The van der Waals surface area contributed by atoms with Gasteiger partial charge in [0.05, 0.1) is 0 Å². The minimum Gasteiger partial charge on any atom is -0.454 e. The highest BCUT2D eigenvalue weighted by Gasteiger charge is 2.24. The van der Waals surface area contributed by atoms with Gasteiger partial charge in [-0.15, -0.1) is 0 Å². The molecule has 0 aliphatic rings. The molecule has 1 atom stereocenters. The summed E-state index contributed by atoms with van der Waals surface area (Å²) in [5.74, 6) is -0.108. The molecule has 0 amide bonds. The second-order valence-corrected chi connectivity index (χ2v) is 5.09. The van der Waals surface area contributed by atoms with E-state index in [1.165, 1.54) is 0 Å². The molecule has 1 rings (SSSR count). The van der Waals surface area contributed by atoms with Gasteiger partial charge in [0.2, 0.25) is 5.78 Å². The van der Waals surface area contributed by atoms with Crippen molar-refractivity contribution >= 4 is 11.8 Å². The maximum Gasteiger partial charge on any atom is 0.306 e. The van der Waals surface area contributed by atoms with Crippen molar-refractivity contribution in [2.24, 2.45) is 5.92 Å². The van der Waals surface area contributed by atoms with E-state index < -0.39 is 6.10 Å². The van der Waals surface area contributed by atoms with Crippen LogP contribution in [0.2, 0.25) is 0 Å². The molecule has 3 heteroatoms. The second kappa shape index (κ2) is 7.72. The molecule has 0 saturated heterocycles. The minimum absolute atomic E-state index is 0.112. The zero-order valence-corrected chi connectivity index (χ0v) is 11.9. The van der Waals surface area contributed by atoms with Gasteiger partial charge in [-0.3, -0.25) is 9.59 Å². The van der Waals surface area contributed by atoms with Crippen molar-refractivity contribution in [3.05, 3.63) is 35.9 Å². The van der Waals surface area contributed by atoms with E-state index in [1.54, 1.807) is 12.1 Å². The second-order valence-electron chi connectivity index (χ2n) is 5.09. The molecule has 0 aliphatic heterocycles. The molecule has 0 unspecified atom stereocenters. The fraction of sp³-hybridized carbons (Fsp3) is 0.500. The van der Waals surface area contributed by atoms with Gasteiger partial charge in [-0.05, 0) is 18.8 Å². The SMILES string of the molecule is CCCC(=O)O[C@@H](CC(C)C)C(=O)c1ccccc1. The Labute approximate surface area is 115 Å². The summed E-state index contributed by atoms with van der Waals surface area (Å²) in [5.41, 5.74) is 0.595.